The van der Waals surface area contributed by atoms with E-state index in [2.05, 4.69) is 4.98 Å². The van der Waals surface area contributed by atoms with Gasteiger partial charge in [-0.25, -0.2) is 4.98 Å². The molecule has 0 unspecified atom stereocenters. The summed E-state index contributed by atoms with van der Waals surface area (Å²) in [4.78, 5) is 4.48. The van der Waals surface area contributed by atoms with Crippen LogP contribution in [-0.2, 0) is 0 Å². The molecule has 130 valence electrons. The van der Waals surface area contributed by atoms with Gasteiger partial charge in [-0.3, -0.25) is 4.57 Å². The number of nitrogens with zero attached hydrogens (tertiary/aromatic N) is 2. The predicted octanol–water partition coefficient (Wildman–Crippen LogP) is 3.57. The summed E-state index contributed by atoms with van der Waals surface area (Å²) in [5.74, 6) is 3.34. The first-order valence-electron chi connectivity index (χ1n) is 7.70. The largest absolute Gasteiger partial charge is 0.497 e. The normalized spacial score (nSPS) is 10.4. The van der Waals surface area contributed by atoms with Crippen LogP contribution < -0.4 is 18.9 Å². The van der Waals surface area contributed by atoms with Crippen LogP contribution in [0.15, 0.2) is 48.8 Å². The number of imidazole rings is 1. The predicted molar refractivity (Wildman–Crippen MR) is 95.2 cm³/mol. The van der Waals surface area contributed by atoms with E-state index in [4.69, 9.17) is 18.9 Å². The highest BCUT2D eigenvalue weighted by atomic mass is 16.5. The van der Waals surface area contributed by atoms with Gasteiger partial charge < -0.3 is 18.9 Å². The van der Waals surface area contributed by atoms with Gasteiger partial charge in [0.1, 0.15) is 11.6 Å². The average molecular weight is 340 g/mol. The van der Waals surface area contributed by atoms with Gasteiger partial charge in [-0.1, -0.05) is 0 Å². The third-order valence-electron chi connectivity index (χ3n) is 3.92. The summed E-state index contributed by atoms with van der Waals surface area (Å²) in [5, 5.41) is 0. The van der Waals surface area contributed by atoms with E-state index in [-0.39, 0.29) is 0 Å². The molecular weight excluding hydrogens is 320 g/mol. The second-order valence-corrected chi connectivity index (χ2v) is 5.23. The Morgan fingerprint density at radius 1 is 0.800 bits per heavy atom. The van der Waals surface area contributed by atoms with E-state index >= 15 is 0 Å². The lowest BCUT2D eigenvalue weighted by Gasteiger charge is -2.15. The van der Waals surface area contributed by atoms with Gasteiger partial charge in [0.2, 0.25) is 5.75 Å². The third kappa shape index (κ3) is 3.10. The topological polar surface area (TPSA) is 54.7 Å². The van der Waals surface area contributed by atoms with E-state index < -0.39 is 0 Å². The molecule has 0 saturated carbocycles. The average Bonchev–Trinajstić information content (AvgIpc) is 3.16. The maximum atomic E-state index is 5.44. The van der Waals surface area contributed by atoms with Crippen LogP contribution in [-0.4, -0.2) is 38.0 Å². The van der Waals surface area contributed by atoms with Gasteiger partial charge >= 0.3 is 0 Å². The van der Waals surface area contributed by atoms with Crippen LogP contribution in [0.5, 0.6) is 23.0 Å². The van der Waals surface area contributed by atoms with Crippen molar-refractivity contribution < 1.29 is 18.9 Å². The molecule has 0 atom stereocenters. The van der Waals surface area contributed by atoms with Crippen molar-refractivity contribution in [2.24, 2.45) is 0 Å². The molecule has 1 aromatic heterocycles. The molecule has 25 heavy (non-hydrogen) atoms. The third-order valence-corrected chi connectivity index (χ3v) is 3.92. The first kappa shape index (κ1) is 16.7. The fourth-order valence-electron chi connectivity index (χ4n) is 2.67. The molecule has 0 aliphatic carbocycles. The lowest BCUT2D eigenvalue weighted by Crippen LogP contribution is -2.01. The molecule has 3 rings (SSSR count). The number of rotatable bonds is 6. The number of benzene rings is 2. The Morgan fingerprint density at radius 3 is 1.96 bits per heavy atom. The Bertz CT molecular complexity index is 831. The number of methoxy groups -OCH3 is 4. The summed E-state index contributed by atoms with van der Waals surface area (Å²) in [6, 6.07) is 11.5. The number of ether oxygens (including phenoxy) is 4. The summed E-state index contributed by atoms with van der Waals surface area (Å²) in [6.07, 6.45) is 3.64. The molecule has 0 N–H and O–H groups in total. The maximum Gasteiger partial charge on any atom is 0.203 e. The van der Waals surface area contributed by atoms with Crippen LogP contribution in [0, 0.1) is 0 Å². The monoisotopic (exact) mass is 340 g/mol. The van der Waals surface area contributed by atoms with Crippen molar-refractivity contribution in [3.63, 3.8) is 0 Å². The number of hydrogen-bond acceptors (Lipinski definition) is 5. The highest BCUT2D eigenvalue weighted by Crippen LogP contribution is 2.40. The highest BCUT2D eigenvalue weighted by molar-refractivity contribution is 5.63. The Morgan fingerprint density at radius 2 is 1.44 bits per heavy atom. The van der Waals surface area contributed by atoms with Crippen molar-refractivity contribution in [1.29, 1.82) is 0 Å². The molecule has 1 heterocycles. The van der Waals surface area contributed by atoms with Crippen molar-refractivity contribution in [2.75, 3.05) is 28.4 Å². The van der Waals surface area contributed by atoms with E-state index in [9.17, 15) is 0 Å². The molecule has 0 spiro atoms. The first-order chi connectivity index (χ1) is 12.2. The van der Waals surface area contributed by atoms with Crippen molar-refractivity contribution in [1.82, 2.24) is 9.55 Å². The van der Waals surface area contributed by atoms with E-state index in [1.165, 1.54) is 0 Å². The molecule has 3 aromatic rings. The Balaban J connectivity index is 2.10. The van der Waals surface area contributed by atoms with Crippen LogP contribution in [0.4, 0.5) is 0 Å². The summed E-state index contributed by atoms with van der Waals surface area (Å²) < 4.78 is 23.4. The van der Waals surface area contributed by atoms with Gasteiger partial charge in [0.15, 0.2) is 11.5 Å². The molecule has 0 aliphatic heterocycles. The second-order valence-electron chi connectivity index (χ2n) is 5.23. The molecule has 6 heteroatoms. The molecule has 2 aromatic carbocycles. The number of hydrogen-bond donors (Lipinski definition) is 0. The fourth-order valence-corrected chi connectivity index (χ4v) is 2.67. The summed E-state index contributed by atoms with van der Waals surface area (Å²) in [6.45, 7) is 0. The van der Waals surface area contributed by atoms with E-state index in [1.54, 1.807) is 34.6 Å². The van der Waals surface area contributed by atoms with E-state index in [0.717, 1.165) is 22.8 Å². The first-order valence-corrected chi connectivity index (χ1v) is 7.70. The Kier molecular flexibility index (Phi) is 4.79. The minimum atomic E-state index is 0.555. The zero-order valence-electron chi connectivity index (χ0n) is 14.6. The standard InChI is InChI=1S/C19H20N2O4/c1-22-15-7-5-13(6-8-15)19-20-9-10-21(19)14-11-16(23-2)18(25-4)17(12-14)24-3/h5-12H,1-4H3. The van der Waals surface area contributed by atoms with Crippen molar-refractivity contribution in [2.45, 2.75) is 0 Å². The molecule has 0 aliphatic rings. The van der Waals surface area contributed by atoms with Crippen LogP contribution >= 0.6 is 0 Å². The lowest BCUT2D eigenvalue weighted by atomic mass is 10.2. The highest BCUT2D eigenvalue weighted by Gasteiger charge is 2.16. The van der Waals surface area contributed by atoms with Crippen molar-refractivity contribution in [3.05, 3.63) is 48.8 Å². The molecule has 6 nitrogen and oxygen atoms in total. The fraction of sp³-hybridized carbons (Fsp3) is 0.211. The van der Waals surface area contributed by atoms with Gasteiger partial charge in [0.25, 0.3) is 0 Å². The minimum Gasteiger partial charge on any atom is -0.497 e. The van der Waals surface area contributed by atoms with Crippen LogP contribution in [0.3, 0.4) is 0 Å². The molecule has 0 bridgehead atoms. The van der Waals surface area contributed by atoms with Crippen molar-refractivity contribution in [3.8, 4) is 40.1 Å². The molecule has 0 fully saturated rings. The van der Waals surface area contributed by atoms with Gasteiger partial charge in [0, 0.05) is 30.1 Å². The minimum absolute atomic E-state index is 0.555. The zero-order chi connectivity index (χ0) is 17.8. The molecule has 0 saturated heterocycles. The maximum absolute atomic E-state index is 5.44. The smallest absolute Gasteiger partial charge is 0.203 e. The number of aromatic nitrogens is 2. The van der Waals surface area contributed by atoms with Gasteiger partial charge in [0.05, 0.1) is 34.1 Å². The Labute approximate surface area is 146 Å². The molecule has 0 amide bonds. The van der Waals surface area contributed by atoms with Crippen LogP contribution in [0.1, 0.15) is 0 Å². The summed E-state index contributed by atoms with van der Waals surface area (Å²) >= 11 is 0. The van der Waals surface area contributed by atoms with Gasteiger partial charge in [-0.2, -0.15) is 0 Å². The zero-order valence-corrected chi connectivity index (χ0v) is 14.6. The SMILES string of the molecule is COc1ccc(-c2nccn2-c2cc(OC)c(OC)c(OC)c2)cc1. The Hall–Kier alpha value is -3.15. The van der Waals surface area contributed by atoms with Crippen molar-refractivity contribution >= 4 is 0 Å². The van der Waals surface area contributed by atoms with Crippen LogP contribution in [0.2, 0.25) is 0 Å². The molecular formula is C19H20N2O4. The van der Waals surface area contributed by atoms with Gasteiger partial charge in [-0.05, 0) is 24.3 Å². The summed E-state index contributed by atoms with van der Waals surface area (Å²) in [5.41, 5.74) is 1.83. The van der Waals surface area contributed by atoms with Crippen LogP contribution in [0.25, 0.3) is 17.1 Å². The molecule has 0 radical (unpaired) electrons. The summed E-state index contributed by atoms with van der Waals surface area (Å²) in [7, 11) is 6.42. The van der Waals surface area contributed by atoms with E-state index in [0.29, 0.717) is 17.2 Å². The quantitative estimate of drug-likeness (QED) is 0.686. The second kappa shape index (κ2) is 7.17. The van der Waals surface area contributed by atoms with E-state index in [1.807, 2.05) is 47.2 Å². The lowest BCUT2D eigenvalue weighted by molar-refractivity contribution is 0.324. The van der Waals surface area contributed by atoms with Gasteiger partial charge in [-0.15, -0.1) is 0 Å².